The standard InChI is InChI=1S/C10H10N2O/c1-7(10(12)13)9-4-2-3-8(5-9)6-11/h2-5,7H,1H3,(H2,12,13). The summed E-state index contributed by atoms with van der Waals surface area (Å²) in [5.74, 6) is -0.719. The summed E-state index contributed by atoms with van der Waals surface area (Å²) < 4.78 is 0. The average molecular weight is 174 g/mol. The van der Waals surface area contributed by atoms with Gasteiger partial charge in [-0.15, -0.1) is 0 Å². The van der Waals surface area contributed by atoms with Gasteiger partial charge >= 0.3 is 0 Å². The summed E-state index contributed by atoms with van der Waals surface area (Å²) in [4.78, 5) is 10.8. The molecule has 0 aliphatic heterocycles. The summed E-state index contributed by atoms with van der Waals surface area (Å²) >= 11 is 0. The number of nitrogens with two attached hydrogens (primary N) is 1. The first-order valence-electron chi connectivity index (χ1n) is 3.94. The van der Waals surface area contributed by atoms with E-state index in [0.717, 1.165) is 5.56 Å². The van der Waals surface area contributed by atoms with Crippen molar-refractivity contribution < 1.29 is 4.79 Å². The molecule has 1 unspecified atom stereocenters. The van der Waals surface area contributed by atoms with E-state index in [1.807, 2.05) is 6.07 Å². The second kappa shape index (κ2) is 3.72. The van der Waals surface area contributed by atoms with Crippen molar-refractivity contribution >= 4 is 5.91 Å². The lowest BCUT2D eigenvalue weighted by molar-refractivity contribution is -0.119. The van der Waals surface area contributed by atoms with E-state index < -0.39 is 0 Å². The van der Waals surface area contributed by atoms with Gasteiger partial charge < -0.3 is 5.73 Å². The molecule has 0 aliphatic carbocycles. The number of amides is 1. The van der Waals surface area contributed by atoms with Gasteiger partial charge in [0.15, 0.2) is 0 Å². The first-order chi connectivity index (χ1) is 6.15. The second-order valence-electron chi connectivity index (χ2n) is 2.86. The molecule has 0 saturated carbocycles. The van der Waals surface area contributed by atoms with Crippen LogP contribution < -0.4 is 5.73 Å². The smallest absolute Gasteiger partial charge is 0.224 e. The largest absolute Gasteiger partial charge is 0.369 e. The van der Waals surface area contributed by atoms with Crippen LogP contribution in [0.1, 0.15) is 24.0 Å². The van der Waals surface area contributed by atoms with Crippen LogP contribution in [-0.2, 0) is 4.79 Å². The Bertz CT molecular complexity index is 365. The number of hydrogen-bond donors (Lipinski definition) is 1. The zero-order valence-corrected chi connectivity index (χ0v) is 7.32. The molecule has 0 fully saturated rings. The summed E-state index contributed by atoms with van der Waals surface area (Å²) in [6.45, 7) is 1.72. The van der Waals surface area contributed by atoms with E-state index in [1.165, 1.54) is 0 Å². The zero-order valence-electron chi connectivity index (χ0n) is 7.32. The Morgan fingerprint density at radius 1 is 1.62 bits per heavy atom. The van der Waals surface area contributed by atoms with Crippen LogP contribution in [0.25, 0.3) is 0 Å². The molecule has 0 saturated heterocycles. The highest BCUT2D eigenvalue weighted by Gasteiger charge is 2.11. The van der Waals surface area contributed by atoms with Gasteiger partial charge in [0.05, 0.1) is 17.6 Å². The molecule has 0 aromatic heterocycles. The molecule has 3 heteroatoms. The maximum Gasteiger partial charge on any atom is 0.224 e. The summed E-state index contributed by atoms with van der Waals surface area (Å²) in [6, 6.07) is 8.91. The minimum Gasteiger partial charge on any atom is -0.369 e. The van der Waals surface area contributed by atoms with Crippen LogP contribution in [0.4, 0.5) is 0 Å². The first-order valence-corrected chi connectivity index (χ1v) is 3.94. The van der Waals surface area contributed by atoms with Gasteiger partial charge in [0.25, 0.3) is 0 Å². The summed E-state index contributed by atoms with van der Waals surface area (Å²) in [6.07, 6.45) is 0. The fraction of sp³-hybridized carbons (Fsp3) is 0.200. The van der Waals surface area contributed by atoms with Crippen LogP contribution in [0, 0.1) is 11.3 Å². The quantitative estimate of drug-likeness (QED) is 0.730. The molecule has 0 bridgehead atoms. The minimum atomic E-state index is -0.380. The van der Waals surface area contributed by atoms with Gasteiger partial charge in [0, 0.05) is 0 Å². The molecule has 13 heavy (non-hydrogen) atoms. The molecule has 0 aliphatic rings. The third kappa shape index (κ3) is 2.06. The fourth-order valence-electron chi connectivity index (χ4n) is 1.04. The van der Waals surface area contributed by atoms with Gasteiger partial charge in [-0.25, -0.2) is 0 Å². The predicted octanol–water partition coefficient (Wildman–Crippen LogP) is 1.15. The molecule has 2 N–H and O–H groups in total. The number of nitrogens with zero attached hydrogens (tertiary/aromatic N) is 1. The number of benzene rings is 1. The predicted molar refractivity (Wildman–Crippen MR) is 48.8 cm³/mol. The van der Waals surface area contributed by atoms with Crippen LogP contribution in [0.15, 0.2) is 24.3 Å². The summed E-state index contributed by atoms with van der Waals surface area (Å²) in [5, 5.41) is 8.62. The van der Waals surface area contributed by atoms with Crippen LogP contribution in [0.2, 0.25) is 0 Å². The molecule has 0 heterocycles. The number of carbonyl (C=O) groups excluding carboxylic acids is 1. The van der Waals surface area contributed by atoms with Crippen molar-refractivity contribution in [2.45, 2.75) is 12.8 Å². The molecule has 0 radical (unpaired) electrons. The normalized spacial score (nSPS) is 11.7. The Hall–Kier alpha value is -1.82. The highest BCUT2D eigenvalue weighted by atomic mass is 16.1. The fourth-order valence-corrected chi connectivity index (χ4v) is 1.04. The van der Waals surface area contributed by atoms with E-state index in [4.69, 9.17) is 11.0 Å². The second-order valence-corrected chi connectivity index (χ2v) is 2.86. The number of rotatable bonds is 2. The lowest BCUT2D eigenvalue weighted by Crippen LogP contribution is -2.18. The van der Waals surface area contributed by atoms with Crippen molar-refractivity contribution in [3.05, 3.63) is 35.4 Å². The van der Waals surface area contributed by atoms with E-state index in [-0.39, 0.29) is 11.8 Å². The molecular weight excluding hydrogens is 164 g/mol. The van der Waals surface area contributed by atoms with E-state index in [1.54, 1.807) is 31.2 Å². The van der Waals surface area contributed by atoms with E-state index in [0.29, 0.717) is 5.56 Å². The van der Waals surface area contributed by atoms with Crippen LogP contribution in [0.5, 0.6) is 0 Å². The van der Waals surface area contributed by atoms with Gasteiger partial charge in [-0.3, -0.25) is 4.79 Å². The molecule has 1 aromatic rings. The third-order valence-corrected chi connectivity index (χ3v) is 1.94. The van der Waals surface area contributed by atoms with Crippen LogP contribution >= 0.6 is 0 Å². The minimum absolute atomic E-state index is 0.340. The van der Waals surface area contributed by atoms with Crippen LogP contribution in [0.3, 0.4) is 0 Å². The molecule has 1 atom stereocenters. The summed E-state index contributed by atoms with van der Waals surface area (Å²) in [7, 11) is 0. The van der Waals surface area contributed by atoms with Crippen molar-refractivity contribution in [2.24, 2.45) is 5.73 Å². The lowest BCUT2D eigenvalue weighted by Gasteiger charge is -2.06. The highest BCUT2D eigenvalue weighted by molar-refractivity contribution is 5.81. The van der Waals surface area contributed by atoms with E-state index >= 15 is 0 Å². The Labute approximate surface area is 76.8 Å². The average Bonchev–Trinajstić information content (AvgIpc) is 2.16. The van der Waals surface area contributed by atoms with Crippen molar-refractivity contribution in [1.29, 1.82) is 5.26 Å². The molecule has 1 rings (SSSR count). The molecule has 0 spiro atoms. The lowest BCUT2D eigenvalue weighted by atomic mass is 9.99. The number of carbonyl (C=O) groups is 1. The van der Waals surface area contributed by atoms with Gasteiger partial charge in [0.2, 0.25) is 5.91 Å². The molecule has 1 aromatic carbocycles. The van der Waals surface area contributed by atoms with Crippen molar-refractivity contribution in [2.75, 3.05) is 0 Å². The van der Waals surface area contributed by atoms with Crippen molar-refractivity contribution in [3.63, 3.8) is 0 Å². The van der Waals surface area contributed by atoms with Gasteiger partial charge in [-0.2, -0.15) is 5.26 Å². The van der Waals surface area contributed by atoms with E-state index in [9.17, 15) is 4.79 Å². The molecular formula is C10H10N2O. The van der Waals surface area contributed by atoms with Gasteiger partial charge in [-0.1, -0.05) is 12.1 Å². The summed E-state index contributed by atoms with van der Waals surface area (Å²) in [5.41, 5.74) is 6.47. The van der Waals surface area contributed by atoms with Gasteiger partial charge in [0.1, 0.15) is 0 Å². The molecule has 3 nitrogen and oxygen atoms in total. The number of nitriles is 1. The highest BCUT2D eigenvalue weighted by Crippen LogP contribution is 2.15. The Morgan fingerprint density at radius 3 is 2.85 bits per heavy atom. The molecule has 66 valence electrons. The van der Waals surface area contributed by atoms with E-state index in [2.05, 4.69) is 0 Å². The number of hydrogen-bond acceptors (Lipinski definition) is 2. The SMILES string of the molecule is CC(C(N)=O)c1cccc(C#N)c1. The first kappa shape index (κ1) is 9.27. The third-order valence-electron chi connectivity index (χ3n) is 1.94. The Morgan fingerprint density at radius 2 is 2.31 bits per heavy atom. The maximum absolute atomic E-state index is 10.8. The maximum atomic E-state index is 10.8. The van der Waals surface area contributed by atoms with Crippen molar-refractivity contribution in [3.8, 4) is 6.07 Å². The monoisotopic (exact) mass is 174 g/mol. The zero-order chi connectivity index (χ0) is 9.84. The van der Waals surface area contributed by atoms with Crippen molar-refractivity contribution in [1.82, 2.24) is 0 Å². The Kier molecular flexibility index (Phi) is 2.65. The Balaban J connectivity index is 3.03. The van der Waals surface area contributed by atoms with Crippen LogP contribution in [-0.4, -0.2) is 5.91 Å². The number of primary amides is 1. The van der Waals surface area contributed by atoms with Gasteiger partial charge in [-0.05, 0) is 24.6 Å². The topological polar surface area (TPSA) is 66.9 Å². The molecule has 1 amide bonds.